The number of aryl methyl sites for hydroxylation is 1. The molecule has 2 aliphatic rings. The summed E-state index contributed by atoms with van der Waals surface area (Å²) in [5.41, 5.74) is 2.93. The molecule has 0 unspecified atom stereocenters. The van der Waals surface area contributed by atoms with Gasteiger partial charge in [0.15, 0.2) is 5.16 Å². The Balaban J connectivity index is 1.28. The summed E-state index contributed by atoms with van der Waals surface area (Å²) in [5.74, 6) is 1.79. The average molecular weight is 499 g/mol. The highest BCUT2D eigenvalue weighted by Gasteiger charge is 2.18. The minimum Gasteiger partial charge on any atom is -0.379 e. The first kappa shape index (κ1) is 25.9. The molecule has 1 amide bonds. The summed E-state index contributed by atoms with van der Waals surface area (Å²) in [6.45, 7) is 14.6. The topological polar surface area (TPSA) is 73.8 Å². The summed E-state index contributed by atoms with van der Waals surface area (Å²) in [7, 11) is 0. The van der Waals surface area contributed by atoms with Crippen LogP contribution in [0, 0.1) is 0 Å². The van der Waals surface area contributed by atoms with Crippen molar-refractivity contribution >= 4 is 23.5 Å². The molecule has 2 fully saturated rings. The molecule has 8 nitrogen and oxygen atoms in total. The van der Waals surface area contributed by atoms with Gasteiger partial charge in [-0.3, -0.25) is 9.69 Å². The van der Waals surface area contributed by atoms with Gasteiger partial charge in [-0.1, -0.05) is 37.7 Å². The number of anilines is 1. The maximum atomic E-state index is 12.5. The number of amides is 1. The first-order valence-electron chi connectivity index (χ1n) is 12.8. The number of nitrogens with one attached hydrogen (secondary N) is 1. The van der Waals surface area contributed by atoms with Crippen molar-refractivity contribution in [2.45, 2.75) is 31.2 Å². The van der Waals surface area contributed by atoms with E-state index in [1.54, 1.807) is 11.8 Å². The zero-order valence-corrected chi connectivity index (χ0v) is 21.9. The lowest BCUT2D eigenvalue weighted by atomic mass is 10.1. The van der Waals surface area contributed by atoms with Gasteiger partial charge in [-0.2, -0.15) is 0 Å². The second kappa shape index (κ2) is 13.2. The lowest BCUT2D eigenvalue weighted by molar-refractivity contribution is 0.0383. The fourth-order valence-electron chi connectivity index (χ4n) is 4.31. The number of piperazine rings is 1. The van der Waals surface area contributed by atoms with Crippen LogP contribution < -0.4 is 10.2 Å². The minimum atomic E-state index is -0.0238. The van der Waals surface area contributed by atoms with Crippen LogP contribution in [0.2, 0.25) is 0 Å². The van der Waals surface area contributed by atoms with Crippen molar-refractivity contribution < 1.29 is 9.53 Å². The molecule has 4 rings (SSSR count). The molecule has 35 heavy (non-hydrogen) atoms. The monoisotopic (exact) mass is 498 g/mol. The Hall–Kier alpha value is -2.20. The zero-order valence-electron chi connectivity index (χ0n) is 21.0. The third-order valence-corrected chi connectivity index (χ3v) is 7.57. The third-order valence-electron chi connectivity index (χ3n) is 6.65. The van der Waals surface area contributed by atoms with Crippen LogP contribution in [-0.2, 0) is 16.9 Å². The number of aromatic nitrogens is 2. The molecule has 0 bridgehead atoms. The van der Waals surface area contributed by atoms with Crippen molar-refractivity contribution in [1.82, 2.24) is 25.1 Å². The summed E-state index contributed by atoms with van der Waals surface area (Å²) < 4.78 is 5.37. The summed E-state index contributed by atoms with van der Waals surface area (Å²) in [5, 5.41) is 3.85. The van der Waals surface area contributed by atoms with Crippen LogP contribution in [0.25, 0.3) is 0 Å². The summed E-state index contributed by atoms with van der Waals surface area (Å²) in [6, 6.07) is 10.00. The van der Waals surface area contributed by atoms with E-state index in [2.05, 4.69) is 39.9 Å². The van der Waals surface area contributed by atoms with Crippen LogP contribution in [0.3, 0.4) is 0 Å². The van der Waals surface area contributed by atoms with Gasteiger partial charge < -0.3 is 19.9 Å². The van der Waals surface area contributed by atoms with Crippen molar-refractivity contribution in [2.24, 2.45) is 0 Å². The molecule has 190 valence electrons. The van der Waals surface area contributed by atoms with Gasteiger partial charge in [0.2, 0.25) is 0 Å². The lowest BCUT2D eigenvalue weighted by Gasteiger charge is -2.34. The number of carbonyl (C=O) groups excluding carboxylic acids is 1. The van der Waals surface area contributed by atoms with E-state index in [4.69, 9.17) is 14.7 Å². The number of hydrogen-bond donors (Lipinski definition) is 1. The molecule has 1 N–H and O–H groups in total. The molecule has 0 saturated carbocycles. The van der Waals surface area contributed by atoms with Gasteiger partial charge in [0.25, 0.3) is 5.91 Å². The predicted octanol–water partition coefficient (Wildman–Crippen LogP) is 2.54. The van der Waals surface area contributed by atoms with Gasteiger partial charge in [-0.05, 0) is 30.7 Å². The number of hydrogen-bond acceptors (Lipinski definition) is 8. The second-order valence-corrected chi connectivity index (χ2v) is 9.91. The molecule has 1 aromatic carbocycles. The molecular formula is C26H38N6O2S. The third kappa shape index (κ3) is 7.64. The number of thioether (sulfide) groups is 1. The Morgan fingerprint density at radius 2 is 1.74 bits per heavy atom. The smallest absolute Gasteiger partial charge is 0.251 e. The van der Waals surface area contributed by atoms with Crippen molar-refractivity contribution in [3.8, 4) is 0 Å². The number of rotatable bonds is 10. The standard InChI is InChI=1S/C26H38N6O2S/c1-3-23-19-24(32-13-11-30(4-2)12-14-32)29-26(28-23)35-20-21-5-7-22(8-6-21)25(33)27-9-10-31-15-17-34-18-16-31/h5-8,19H,3-4,9-18,20H2,1-2H3,(H,27,33). The van der Waals surface area contributed by atoms with Crippen LogP contribution in [0.1, 0.15) is 35.5 Å². The number of morpholine rings is 1. The van der Waals surface area contributed by atoms with E-state index in [1.807, 2.05) is 24.3 Å². The minimum absolute atomic E-state index is 0.0238. The molecule has 0 radical (unpaired) electrons. The second-order valence-electron chi connectivity index (χ2n) is 8.97. The van der Waals surface area contributed by atoms with Gasteiger partial charge in [-0.25, -0.2) is 9.97 Å². The van der Waals surface area contributed by atoms with Gasteiger partial charge in [0.1, 0.15) is 5.82 Å². The molecule has 2 aliphatic heterocycles. The molecule has 2 saturated heterocycles. The number of ether oxygens (including phenoxy) is 1. The van der Waals surface area contributed by atoms with Crippen molar-refractivity contribution in [3.05, 3.63) is 47.2 Å². The number of benzene rings is 1. The van der Waals surface area contributed by atoms with E-state index < -0.39 is 0 Å². The summed E-state index contributed by atoms with van der Waals surface area (Å²) in [4.78, 5) is 29.3. The Morgan fingerprint density at radius 3 is 2.43 bits per heavy atom. The van der Waals surface area contributed by atoms with E-state index in [-0.39, 0.29) is 5.91 Å². The first-order valence-corrected chi connectivity index (χ1v) is 13.8. The van der Waals surface area contributed by atoms with Crippen molar-refractivity contribution in [3.63, 3.8) is 0 Å². The molecule has 0 spiro atoms. The predicted molar refractivity (Wildman–Crippen MR) is 141 cm³/mol. The quantitative estimate of drug-likeness (QED) is 0.396. The van der Waals surface area contributed by atoms with Gasteiger partial charge in [0.05, 0.1) is 13.2 Å². The molecular weight excluding hydrogens is 460 g/mol. The van der Waals surface area contributed by atoms with Crippen LogP contribution in [0.15, 0.2) is 35.5 Å². The number of nitrogens with zero attached hydrogens (tertiary/aromatic N) is 5. The van der Waals surface area contributed by atoms with Crippen LogP contribution in [0.4, 0.5) is 5.82 Å². The van der Waals surface area contributed by atoms with E-state index in [0.717, 1.165) is 100.0 Å². The molecule has 1 aromatic heterocycles. The molecule has 9 heteroatoms. The lowest BCUT2D eigenvalue weighted by Crippen LogP contribution is -2.46. The molecule has 0 aliphatic carbocycles. The summed E-state index contributed by atoms with van der Waals surface area (Å²) >= 11 is 1.65. The number of carbonyl (C=O) groups is 1. The summed E-state index contributed by atoms with van der Waals surface area (Å²) in [6.07, 6.45) is 0.896. The average Bonchev–Trinajstić information content (AvgIpc) is 2.92. The van der Waals surface area contributed by atoms with Crippen LogP contribution in [-0.4, -0.2) is 97.8 Å². The highest BCUT2D eigenvalue weighted by Crippen LogP contribution is 2.24. The fraction of sp³-hybridized carbons (Fsp3) is 0.577. The SMILES string of the molecule is CCc1cc(N2CCN(CC)CC2)nc(SCc2ccc(C(=O)NCCN3CCOCC3)cc2)n1. The first-order chi connectivity index (χ1) is 17.1. The molecule has 0 atom stereocenters. The van der Waals surface area contributed by atoms with Crippen molar-refractivity contribution in [1.29, 1.82) is 0 Å². The van der Waals surface area contributed by atoms with E-state index in [1.165, 1.54) is 0 Å². The van der Waals surface area contributed by atoms with E-state index in [9.17, 15) is 4.79 Å². The van der Waals surface area contributed by atoms with E-state index >= 15 is 0 Å². The number of likely N-dealkylation sites (N-methyl/N-ethyl adjacent to an activating group) is 1. The van der Waals surface area contributed by atoms with Crippen molar-refractivity contribution in [2.75, 3.05) is 77.0 Å². The Bertz CT molecular complexity index is 943. The maximum absolute atomic E-state index is 12.5. The highest BCUT2D eigenvalue weighted by atomic mass is 32.2. The molecule has 2 aromatic rings. The van der Waals surface area contributed by atoms with Gasteiger partial charge in [-0.15, -0.1) is 0 Å². The molecule has 3 heterocycles. The van der Waals surface area contributed by atoms with Crippen LogP contribution in [0.5, 0.6) is 0 Å². The van der Waals surface area contributed by atoms with Crippen LogP contribution >= 0.6 is 11.8 Å². The zero-order chi connectivity index (χ0) is 24.5. The highest BCUT2D eigenvalue weighted by molar-refractivity contribution is 7.98. The Kier molecular flexibility index (Phi) is 9.76. The van der Waals surface area contributed by atoms with E-state index in [0.29, 0.717) is 12.1 Å². The normalized spacial score (nSPS) is 17.5. The van der Waals surface area contributed by atoms with Gasteiger partial charge in [0, 0.05) is 75.4 Å². The fourth-order valence-corrected chi connectivity index (χ4v) is 5.14. The Morgan fingerprint density at radius 1 is 1.00 bits per heavy atom. The van der Waals surface area contributed by atoms with Gasteiger partial charge >= 0.3 is 0 Å². The Labute approximate surface area is 213 Å². The largest absolute Gasteiger partial charge is 0.379 e. The maximum Gasteiger partial charge on any atom is 0.251 e.